The highest BCUT2D eigenvalue weighted by Crippen LogP contribution is 2.34. The summed E-state index contributed by atoms with van der Waals surface area (Å²) in [6.45, 7) is 2.32. The molecular formula is C17H18N2O4. The summed E-state index contributed by atoms with van der Waals surface area (Å²) in [6.07, 6.45) is -0.494. The third-order valence-corrected chi connectivity index (χ3v) is 3.55. The van der Waals surface area contributed by atoms with Gasteiger partial charge in [0.1, 0.15) is 0 Å². The monoisotopic (exact) mass is 314 g/mol. The van der Waals surface area contributed by atoms with Crippen molar-refractivity contribution in [3.63, 3.8) is 0 Å². The van der Waals surface area contributed by atoms with Crippen LogP contribution < -0.4 is 20.1 Å². The predicted octanol–water partition coefficient (Wildman–Crippen LogP) is 2.79. The molecule has 0 saturated carbocycles. The summed E-state index contributed by atoms with van der Waals surface area (Å²) in [5.41, 5.74) is 2.44. The summed E-state index contributed by atoms with van der Waals surface area (Å²) >= 11 is 0. The van der Waals surface area contributed by atoms with Gasteiger partial charge in [-0.1, -0.05) is 24.3 Å². The van der Waals surface area contributed by atoms with Crippen molar-refractivity contribution in [3.05, 3.63) is 53.6 Å². The number of hydrogen-bond donors (Lipinski definition) is 3. The second-order valence-corrected chi connectivity index (χ2v) is 5.29. The molecule has 1 aliphatic rings. The van der Waals surface area contributed by atoms with Crippen LogP contribution in [0.3, 0.4) is 0 Å². The van der Waals surface area contributed by atoms with E-state index >= 15 is 0 Å². The Balaban J connectivity index is 1.53. The molecule has 0 fully saturated rings. The molecule has 2 amide bonds. The zero-order chi connectivity index (χ0) is 16.2. The van der Waals surface area contributed by atoms with Crippen LogP contribution in [0.25, 0.3) is 0 Å². The minimum Gasteiger partial charge on any atom is -0.454 e. The first-order valence-corrected chi connectivity index (χ1v) is 7.33. The Hall–Kier alpha value is -2.73. The lowest BCUT2D eigenvalue weighted by Gasteiger charge is -2.09. The van der Waals surface area contributed by atoms with E-state index in [1.807, 2.05) is 24.3 Å². The number of ether oxygens (including phenoxy) is 2. The van der Waals surface area contributed by atoms with Crippen molar-refractivity contribution in [2.45, 2.75) is 19.6 Å². The fourth-order valence-electron chi connectivity index (χ4n) is 2.25. The Morgan fingerprint density at radius 3 is 2.65 bits per heavy atom. The molecule has 1 heterocycles. The average Bonchev–Trinajstić information content (AvgIpc) is 3.01. The van der Waals surface area contributed by atoms with Gasteiger partial charge in [0.05, 0.1) is 6.10 Å². The molecule has 3 rings (SSSR count). The Morgan fingerprint density at radius 2 is 1.91 bits per heavy atom. The van der Waals surface area contributed by atoms with E-state index in [-0.39, 0.29) is 12.8 Å². The second-order valence-electron chi connectivity index (χ2n) is 5.29. The maximum absolute atomic E-state index is 11.9. The summed E-state index contributed by atoms with van der Waals surface area (Å²) < 4.78 is 10.5. The van der Waals surface area contributed by atoms with Gasteiger partial charge in [-0.2, -0.15) is 0 Å². The molecule has 1 aliphatic heterocycles. The van der Waals surface area contributed by atoms with E-state index in [0.717, 1.165) is 11.1 Å². The molecule has 120 valence electrons. The third kappa shape index (κ3) is 3.73. The van der Waals surface area contributed by atoms with Crippen LogP contribution in [0.15, 0.2) is 42.5 Å². The highest BCUT2D eigenvalue weighted by atomic mass is 16.7. The number of benzene rings is 2. The molecule has 6 heteroatoms. The van der Waals surface area contributed by atoms with E-state index in [1.165, 1.54) is 0 Å². The van der Waals surface area contributed by atoms with Crippen molar-refractivity contribution in [2.24, 2.45) is 0 Å². The van der Waals surface area contributed by atoms with Gasteiger partial charge in [0.15, 0.2) is 11.5 Å². The maximum Gasteiger partial charge on any atom is 0.319 e. The number of rotatable bonds is 4. The first-order chi connectivity index (χ1) is 11.1. The molecule has 0 radical (unpaired) electrons. The molecular weight excluding hydrogens is 296 g/mol. The number of aliphatic hydroxyl groups is 1. The van der Waals surface area contributed by atoms with Crippen molar-refractivity contribution in [1.29, 1.82) is 0 Å². The van der Waals surface area contributed by atoms with Gasteiger partial charge in [-0.05, 0) is 30.2 Å². The van der Waals surface area contributed by atoms with Crippen LogP contribution in [0.4, 0.5) is 10.5 Å². The first-order valence-electron chi connectivity index (χ1n) is 7.33. The van der Waals surface area contributed by atoms with Crippen LogP contribution in [-0.4, -0.2) is 17.9 Å². The number of amides is 2. The van der Waals surface area contributed by atoms with Gasteiger partial charge < -0.3 is 25.2 Å². The van der Waals surface area contributed by atoms with Crippen molar-refractivity contribution in [2.75, 3.05) is 12.1 Å². The number of urea groups is 1. The van der Waals surface area contributed by atoms with E-state index in [1.54, 1.807) is 25.1 Å². The Labute approximate surface area is 134 Å². The smallest absolute Gasteiger partial charge is 0.319 e. The number of carbonyl (C=O) groups excluding carboxylic acids is 1. The zero-order valence-corrected chi connectivity index (χ0v) is 12.7. The Kier molecular flexibility index (Phi) is 4.34. The van der Waals surface area contributed by atoms with Crippen LogP contribution in [0, 0.1) is 0 Å². The summed E-state index contributed by atoms with van der Waals surface area (Å²) in [5, 5.41) is 15.0. The van der Waals surface area contributed by atoms with Crippen LogP contribution in [0.5, 0.6) is 11.5 Å². The number of hydrogen-bond acceptors (Lipinski definition) is 4. The van der Waals surface area contributed by atoms with Crippen molar-refractivity contribution in [3.8, 4) is 11.5 Å². The number of fused-ring (bicyclic) bond motifs is 1. The lowest BCUT2D eigenvalue weighted by atomic mass is 10.1. The number of nitrogens with one attached hydrogen (secondary N) is 2. The Morgan fingerprint density at radius 1 is 1.17 bits per heavy atom. The quantitative estimate of drug-likeness (QED) is 0.811. The molecule has 2 aromatic rings. The lowest BCUT2D eigenvalue weighted by Crippen LogP contribution is -2.28. The normalized spacial score (nSPS) is 13.5. The van der Waals surface area contributed by atoms with Crippen LogP contribution in [-0.2, 0) is 6.54 Å². The van der Waals surface area contributed by atoms with E-state index < -0.39 is 6.10 Å². The van der Waals surface area contributed by atoms with Gasteiger partial charge in [-0.25, -0.2) is 4.79 Å². The summed E-state index contributed by atoms with van der Waals surface area (Å²) in [4.78, 5) is 11.9. The van der Waals surface area contributed by atoms with Gasteiger partial charge in [-0.3, -0.25) is 0 Å². The van der Waals surface area contributed by atoms with E-state index in [9.17, 15) is 9.90 Å². The van der Waals surface area contributed by atoms with Gasteiger partial charge in [0.2, 0.25) is 6.79 Å². The topological polar surface area (TPSA) is 79.8 Å². The van der Waals surface area contributed by atoms with Crippen LogP contribution >= 0.6 is 0 Å². The molecule has 0 bridgehead atoms. The van der Waals surface area contributed by atoms with Crippen molar-refractivity contribution in [1.82, 2.24) is 5.32 Å². The minimum absolute atomic E-state index is 0.202. The number of anilines is 1. The largest absolute Gasteiger partial charge is 0.454 e. The molecule has 1 unspecified atom stereocenters. The van der Waals surface area contributed by atoms with Crippen molar-refractivity contribution >= 4 is 11.7 Å². The lowest BCUT2D eigenvalue weighted by molar-refractivity contribution is 0.174. The minimum atomic E-state index is -0.494. The van der Waals surface area contributed by atoms with E-state index in [0.29, 0.717) is 23.7 Å². The summed E-state index contributed by atoms with van der Waals surface area (Å²) in [6, 6.07) is 12.4. The highest BCUT2D eigenvalue weighted by Gasteiger charge is 2.14. The average molecular weight is 314 g/mol. The van der Waals surface area contributed by atoms with Gasteiger partial charge in [0, 0.05) is 18.3 Å². The molecule has 0 aromatic heterocycles. The van der Waals surface area contributed by atoms with Crippen LogP contribution in [0.2, 0.25) is 0 Å². The molecule has 3 N–H and O–H groups in total. The molecule has 23 heavy (non-hydrogen) atoms. The number of aliphatic hydroxyl groups excluding tert-OH is 1. The van der Waals surface area contributed by atoms with Crippen molar-refractivity contribution < 1.29 is 19.4 Å². The van der Waals surface area contributed by atoms with E-state index in [2.05, 4.69) is 10.6 Å². The molecule has 0 spiro atoms. The van der Waals surface area contributed by atoms with Crippen LogP contribution in [0.1, 0.15) is 24.2 Å². The second kappa shape index (κ2) is 6.58. The predicted molar refractivity (Wildman–Crippen MR) is 85.5 cm³/mol. The molecule has 1 atom stereocenters. The number of carbonyl (C=O) groups is 1. The standard InChI is InChI=1S/C17H18N2O4/c1-11(20)13-4-2-12(3-5-13)9-18-17(21)19-14-6-7-15-16(8-14)23-10-22-15/h2-8,11,20H,9-10H2,1H3,(H2,18,19,21). The fourth-order valence-corrected chi connectivity index (χ4v) is 2.25. The first kappa shape index (κ1) is 15.2. The molecule has 2 aromatic carbocycles. The maximum atomic E-state index is 11.9. The summed E-state index contributed by atoms with van der Waals surface area (Å²) in [7, 11) is 0. The summed E-state index contributed by atoms with van der Waals surface area (Å²) in [5.74, 6) is 1.30. The third-order valence-electron chi connectivity index (χ3n) is 3.55. The molecule has 0 saturated heterocycles. The highest BCUT2D eigenvalue weighted by molar-refractivity contribution is 5.89. The van der Waals surface area contributed by atoms with Gasteiger partial charge >= 0.3 is 6.03 Å². The fraction of sp³-hybridized carbons (Fsp3) is 0.235. The Bertz CT molecular complexity index is 698. The van der Waals surface area contributed by atoms with E-state index in [4.69, 9.17) is 9.47 Å². The van der Waals surface area contributed by atoms with Gasteiger partial charge in [0.25, 0.3) is 0 Å². The molecule has 0 aliphatic carbocycles. The SMILES string of the molecule is CC(O)c1ccc(CNC(=O)Nc2ccc3c(c2)OCO3)cc1. The zero-order valence-electron chi connectivity index (χ0n) is 12.7. The van der Waals surface area contributed by atoms with Gasteiger partial charge in [-0.15, -0.1) is 0 Å². The molecule has 6 nitrogen and oxygen atoms in total.